The molecule has 0 unspecified atom stereocenters. The number of nitrogens with zero attached hydrogens (tertiary/aromatic N) is 1. The van der Waals surface area contributed by atoms with Crippen LogP contribution >= 0.6 is 0 Å². The molecule has 3 rings (SSSR count). The summed E-state index contributed by atoms with van der Waals surface area (Å²) in [5.41, 5.74) is 0.343. The van der Waals surface area contributed by atoms with E-state index in [2.05, 4.69) is 5.32 Å². The lowest BCUT2D eigenvalue weighted by molar-refractivity contribution is -0.137. The van der Waals surface area contributed by atoms with Crippen molar-refractivity contribution in [2.24, 2.45) is 11.3 Å². The second kappa shape index (κ2) is 3.46. The van der Waals surface area contributed by atoms with Crippen LogP contribution in [0.2, 0.25) is 0 Å². The molecule has 3 fully saturated rings. The molecule has 1 aliphatic carbocycles. The molecule has 2 aliphatic heterocycles. The molecule has 3 aliphatic rings. The van der Waals surface area contributed by atoms with Crippen molar-refractivity contribution in [3.63, 3.8) is 0 Å². The molecule has 0 bridgehead atoms. The third kappa shape index (κ3) is 1.56. The normalized spacial score (nSPS) is 39.7. The maximum atomic E-state index is 12.2. The molecule has 0 aromatic heterocycles. The Morgan fingerprint density at radius 3 is 2.87 bits per heavy atom. The summed E-state index contributed by atoms with van der Waals surface area (Å²) in [6.45, 7) is 5.14. The van der Waals surface area contributed by atoms with Crippen molar-refractivity contribution in [3.05, 3.63) is 0 Å². The zero-order chi connectivity index (χ0) is 10.3. The molecule has 4 nitrogen and oxygen atoms in total. The highest BCUT2D eigenvalue weighted by atomic mass is 16.5. The molecule has 15 heavy (non-hydrogen) atoms. The third-order valence-corrected chi connectivity index (χ3v) is 4.09. The van der Waals surface area contributed by atoms with Gasteiger partial charge in [-0.25, -0.2) is 0 Å². The molecule has 0 aromatic rings. The number of carbonyl (C=O) groups is 1. The van der Waals surface area contributed by atoms with Crippen LogP contribution in [0, 0.1) is 11.3 Å². The Bertz CT molecular complexity index is 268. The van der Waals surface area contributed by atoms with E-state index in [9.17, 15) is 4.79 Å². The summed E-state index contributed by atoms with van der Waals surface area (Å²) in [4.78, 5) is 14.2. The number of rotatable bonds is 1. The number of hydrogen-bond acceptors (Lipinski definition) is 3. The van der Waals surface area contributed by atoms with Crippen molar-refractivity contribution >= 4 is 5.91 Å². The summed E-state index contributed by atoms with van der Waals surface area (Å²) in [5, 5.41) is 3.37. The molecule has 0 aromatic carbocycles. The van der Waals surface area contributed by atoms with E-state index in [-0.39, 0.29) is 0 Å². The number of ether oxygens (including phenoxy) is 1. The van der Waals surface area contributed by atoms with Crippen LogP contribution in [0.15, 0.2) is 0 Å². The Morgan fingerprint density at radius 1 is 1.40 bits per heavy atom. The summed E-state index contributed by atoms with van der Waals surface area (Å²) in [6, 6.07) is 0. The first kappa shape index (κ1) is 9.60. The van der Waals surface area contributed by atoms with Crippen molar-refractivity contribution in [2.45, 2.75) is 12.8 Å². The van der Waals surface area contributed by atoms with Gasteiger partial charge >= 0.3 is 0 Å². The van der Waals surface area contributed by atoms with Gasteiger partial charge in [-0.15, -0.1) is 0 Å². The topological polar surface area (TPSA) is 41.6 Å². The smallest absolute Gasteiger partial charge is 0.226 e. The molecule has 84 valence electrons. The average molecular weight is 210 g/mol. The molecule has 2 heterocycles. The summed E-state index contributed by atoms with van der Waals surface area (Å²) in [7, 11) is 0. The van der Waals surface area contributed by atoms with Crippen LogP contribution in [-0.2, 0) is 9.53 Å². The molecule has 0 radical (unpaired) electrons. The monoisotopic (exact) mass is 210 g/mol. The fourth-order valence-corrected chi connectivity index (χ4v) is 2.94. The first-order chi connectivity index (χ1) is 7.32. The number of carbonyl (C=O) groups excluding carboxylic acids is 1. The van der Waals surface area contributed by atoms with E-state index >= 15 is 0 Å². The number of amides is 1. The molecule has 1 N–H and O–H groups in total. The molecule has 1 amide bonds. The maximum absolute atomic E-state index is 12.2. The molecule has 1 spiro atoms. The highest BCUT2D eigenvalue weighted by molar-refractivity contribution is 5.83. The third-order valence-electron chi connectivity index (χ3n) is 4.09. The number of morpholine rings is 1. The predicted octanol–water partition coefficient (Wildman–Crippen LogP) is -0.155. The van der Waals surface area contributed by atoms with Crippen molar-refractivity contribution in [2.75, 3.05) is 39.4 Å². The SMILES string of the molecule is O=C([C@@H]1C[C@@]12CCNC2)N1CCOCC1. The maximum Gasteiger partial charge on any atom is 0.226 e. The van der Waals surface area contributed by atoms with Crippen molar-refractivity contribution in [1.29, 1.82) is 0 Å². The average Bonchev–Trinajstić information content (AvgIpc) is 2.77. The summed E-state index contributed by atoms with van der Waals surface area (Å²) in [5.74, 6) is 0.688. The van der Waals surface area contributed by atoms with Gasteiger partial charge in [-0.05, 0) is 24.8 Å². The molecule has 2 saturated heterocycles. The highest BCUT2D eigenvalue weighted by Crippen LogP contribution is 2.57. The second-order valence-electron chi connectivity index (χ2n) is 4.98. The van der Waals surface area contributed by atoms with E-state index in [1.165, 1.54) is 6.42 Å². The Hall–Kier alpha value is -0.610. The van der Waals surface area contributed by atoms with Gasteiger partial charge in [0.15, 0.2) is 0 Å². The van der Waals surface area contributed by atoms with E-state index in [1.807, 2.05) is 4.90 Å². The summed E-state index contributed by atoms with van der Waals surface area (Å²) < 4.78 is 5.26. The first-order valence-corrected chi connectivity index (χ1v) is 5.89. The Morgan fingerprint density at radius 2 is 2.20 bits per heavy atom. The zero-order valence-electron chi connectivity index (χ0n) is 9.00. The van der Waals surface area contributed by atoms with Crippen LogP contribution in [0.3, 0.4) is 0 Å². The van der Waals surface area contributed by atoms with Crippen LogP contribution in [0.5, 0.6) is 0 Å². The van der Waals surface area contributed by atoms with Crippen LogP contribution in [0.1, 0.15) is 12.8 Å². The fraction of sp³-hybridized carbons (Fsp3) is 0.909. The molecule has 1 saturated carbocycles. The molecule has 2 atom stereocenters. The van der Waals surface area contributed by atoms with Gasteiger partial charge in [0, 0.05) is 25.6 Å². The predicted molar refractivity (Wildman–Crippen MR) is 55.4 cm³/mol. The molecular formula is C11H18N2O2. The Labute approximate surface area is 90.0 Å². The van der Waals surface area contributed by atoms with E-state index in [1.54, 1.807) is 0 Å². The van der Waals surface area contributed by atoms with E-state index in [0.29, 0.717) is 30.5 Å². The van der Waals surface area contributed by atoms with Gasteiger partial charge in [0.2, 0.25) is 5.91 Å². The lowest BCUT2D eigenvalue weighted by Gasteiger charge is -2.27. The minimum Gasteiger partial charge on any atom is -0.378 e. The minimum atomic E-state index is 0.311. The standard InChI is InChI=1S/C11H18N2O2/c14-10(13-3-5-15-6-4-13)9-7-11(9)1-2-12-8-11/h9,12H,1-8H2/t9-,11+/m0/s1. The van der Waals surface area contributed by atoms with Gasteiger partial charge < -0.3 is 15.0 Å². The lowest BCUT2D eigenvalue weighted by atomic mass is 10.0. The Kier molecular flexibility index (Phi) is 2.21. The van der Waals surface area contributed by atoms with Crippen molar-refractivity contribution < 1.29 is 9.53 Å². The number of hydrogen-bond donors (Lipinski definition) is 1. The van der Waals surface area contributed by atoms with E-state index < -0.39 is 0 Å². The number of nitrogens with one attached hydrogen (secondary N) is 1. The first-order valence-electron chi connectivity index (χ1n) is 5.89. The summed E-state index contributed by atoms with van der Waals surface area (Å²) in [6.07, 6.45) is 2.30. The van der Waals surface area contributed by atoms with E-state index in [4.69, 9.17) is 4.74 Å². The summed E-state index contributed by atoms with van der Waals surface area (Å²) >= 11 is 0. The van der Waals surface area contributed by atoms with Crippen molar-refractivity contribution in [3.8, 4) is 0 Å². The Balaban J connectivity index is 1.61. The van der Waals surface area contributed by atoms with Crippen LogP contribution in [-0.4, -0.2) is 50.2 Å². The second-order valence-corrected chi connectivity index (χ2v) is 4.98. The fourth-order valence-electron chi connectivity index (χ4n) is 2.94. The molecular weight excluding hydrogens is 192 g/mol. The van der Waals surface area contributed by atoms with E-state index in [0.717, 1.165) is 32.6 Å². The van der Waals surface area contributed by atoms with Gasteiger partial charge in [-0.2, -0.15) is 0 Å². The van der Waals surface area contributed by atoms with Gasteiger partial charge in [0.25, 0.3) is 0 Å². The van der Waals surface area contributed by atoms with Crippen LogP contribution < -0.4 is 5.32 Å². The van der Waals surface area contributed by atoms with Crippen molar-refractivity contribution in [1.82, 2.24) is 10.2 Å². The zero-order valence-corrected chi connectivity index (χ0v) is 9.00. The highest BCUT2D eigenvalue weighted by Gasteiger charge is 2.59. The van der Waals surface area contributed by atoms with Gasteiger partial charge in [-0.3, -0.25) is 4.79 Å². The van der Waals surface area contributed by atoms with Crippen LogP contribution in [0.25, 0.3) is 0 Å². The minimum absolute atomic E-state index is 0.311. The van der Waals surface area contributed by atoms with Crippen LogP contribution in [0.4, 0.5) is 0 Å². The largest absolute Gasteiger partial charge is 0.378 e. The van der Waals surface area contributed by atoms with Gasteiger partial charge in [0.1, 0.15) is 0 Å². The van der Waals surface area contributed by atoms with Gasteiger partial charge in [0.05, 0.1) is 13.2 Å². The molecule has 4 heteroatoms. The quantitative estimate of drug-likeness (QED) is 0.654. The lowest BCUT2D eigenvalue weighted by Crippen LogP contribution is -2.42. The van der Waals surface area contributed by atoms with Gasteiger partial charge in [-0.1, -0.05) is 0 Å².